The Bertz CT molecular complexity index is 4980. The molecule has 0 fully saturated rings. The number of aromatic hydroxyl groups is 1. The number of amides is 12. The standard InChI is InChI=1S/C79H99N23O15/c1-5-42(4)68(102-66(106)38-91-71(109)63(31-64(81)104)99-74(112)61(29-47-35-84-39-92-47)95-69(107)53(80)26-44-32-87-54-16-9-6-13-50(44)54)77(115)100-60(28-46-34-89-56-18-11-8-15-52(46)56)73(111)97-59(27-45-33-88-55-17-10-7-14-51(45)55)72(110)98-62(30-48-36-85-40-93-48)75(113)96-58(25-43-20-22-49(103)23-21-43)70(108)90-37-65(105)101-67(41(2)3)76(114)94-57(78(116)117)19-12-24-86-79(82)83/h6-11,13-18,20-23,32-36,39-42,53,57-63,67-68,87-89,103H,5,12,19,24-31,37-38,80H2,1-4H3,(H2,81,104)(H,84,92)(H,85,93)(H,90,108)(H,91,109)(H,94,114)(H,95,107)(H,96,113)(H,97,111)(H,98,110)(H,99,112)(H,100,115)(H,101,105)(H,102,106)(H,116,117)(H4,82,83,86)/t42-,53-,57-,58-,59-,60-,61-,62-,63-,67-,68-/m0/s1. The Morgan fingerprint density at radius 2 is 0.855 bits per heavy atom. The first-order valence-electron chi connectivity index (χ1n) is 38.0. The smallest absolute Gasteiger partial charge is 0.326 e. The number of carboxylic acid groups (broad SMARTS) is 1. The number of nitrogens with zero attached hydrogens (tertiary/aromatic N) is 2. The van der Waals surface area contributed by atoms with Gasteiger partial charge in [-0.1, -0.05) is 101 Å². The van der Waals surface area contributed by atoms with E-state index >= 15 is 19.2 Å². The Hall–Kier alpha value is -13.9. The number of guanidine groups is 1. The van der Waals surface area contributed by atoms with Crippen LogP contribution < -0.4 is 81.0 Å². The zero-order valence-corrected chi connectivity index (χ0v) is 64.7. The molecule has 9 aromatic rings. The lowest BCUT2D eigenvalue weighted by molar-refractivity contribution is -0.142. The molecule has 0 radical (unpaired) electrons. The minimum atomic E-state index is -1.70. The van der Waals surface area contributed by atoms with Crippen LogP contribution in [0, 0.1) is 17.2 Å². The summed E-state index contributed by atoms with van der Waals surface area (Å²) in [4.78, 5) is 207. The molecule has 12 amide bonds. The summed E-state index contributed by atoms with van der Waals surface area (Å²) in [6, 6.07) is 12.8. The van der Waals surface area contributed by atoms with Crippen molar-refractivity contribution >= 4 is 116 Å². The van der Waals surface area contributed by atoms with Crippen LogP contribution in [0.1, 0.15) is 87.0 Å². The van der Waals surface area contributed by atoms with Gasteiger partial charge in [-0.2, -0.15) is 0 Å². The molecule has 38 nitrogen and oxygen atoms in total. The number of phenols is 1. The van der Waals surface area contributed by atoms with Gasteiger partial charge in [0.1, 0.15) is 60.1 Å². The number of benzene rings is 4. The fourth-order valence-electron chi connectivity index (χ4n) is 13.2. The van der Waals surface area contributed by atoms with Crippen LogP contribution in [0.15, 0.2) is 141 Å². The molecule has 117 heavy (non-hydrogen) atoms. The Balaban J connectivity index is 0.923. The number of nitrogens with two attached hydrogens (primary N) is 3. The highest BCUT2D eigenvalue weighted by Crippen LogP contribution is 2.24. The number of aromatic nitrogens is 7. The number of fused-ring (bicyclic) bond motifs is 3. The first-order valence-corrected chi connectivity index (χ1v) is 38.0. The second kappa shape index (κ2) is 41.7. The molecule has 11 atom stereocenters. The molecule has 0 saturated heterocycles. The maximum absolute atomic E-state index is 15.5. The predicted octanol–water partition coefficient (Wildman–Crippen LogP) is -1.11. The van der Waals surface area contributed by atoms with E-state index < -0.39 is 169 Å². The number of primary amides is 1. The van der Waals surface area contributed by atoms with Crippen LogP contribution in [-0.4, -0.2) is 208 Å². The SMILES string of the molecule is CC[C@H](C)[C@H](NC(=O)CNC(=O)[C@H](CC(N)=O)NC(=O)[C@H](Cc1cnc[nH]1)NC(=O)[C@@H](N)Cc1c[nH]c2ccccc12)C(=O)N[C@@H](Cc1c[nH]c2ccccc12)C(=O)N[C@@H](Cc1c[nH]c2ccccc12)C(=O)N[C@@H](Cc1cnc[nH]1)C(=O)N[C@@H](Cc1ccc(O)cc1)C(=O)NCC(=O)N[C@H](C(=O)N[C@@H](CCCNC(=N)N)C(=O)O)C(C)C. The largest absolute Gasteiger partial charge is 0.508 e. The van der Waals surface area contributed by atoms with Gasteiger partial charge < -0.3 is 116 Å². The third kappa shape index (κ3) is 25.3. The van der Waals surface area contributed by atoms with Gasteiger partial charge in [0.05, 0.1) is 38.2 Å². The minimum Gasteiger partial charge on any atom is -0.508 e. The van der Waals surface area contributed by atoms with Crippen LogP contribution in [0.3, 0.4) is 0 Å². The molecule has 26 N–H and O–H groups in total. The molecule has 0 saturated carbocycles. The molecule has 9 rings (SSSR count). The molecule has 0 aliphatic heterocycles. The molecule has 0 aliphatic carbocycles. The summed E-state index contributed by atoms with van der Waals surface area (Å²) >= 11 is 0. The highest BCUT2D eigenvalue weighted by Gasteiger charge is 2.38. The number of carboxylic acids is 1. The number of aliphatic carboxylic acids is 1. The van der Waals surface area contributed by atoms with Crippen molar-refractivity contribution in [2.24, 2.45) is 29.0 Å². The van der Waals surface area contributed by atoms with Crippen LogP contribution >= 0.6 is 0 Å². The van der Waals surface area contributed by atoms with E-state index in [1.807, 2.05) is 24.3 Å². The molecular weight excluding hydrogens is 1510 g/mol. The topological polar surface area (TPSA) is 613 Å². The Labute approximate surface area is 670 Å². The van der Waals surface area contributed by atoms with E-state index in [0.29, 0.717) is 49.9 Å². The van der Waals surface area contributed by atoms with Crippen molar-refractivity contribution in [3.05, 3.63) is 174 Å². The Kier molecular flexibility index (Phi) is 31.0. The van der Waals surface area contributed by atoms with E-state index in [-0.39, 0.29) is 76.0 Å². The van der Waals surface area contributed by atoms with Crippen LogP contribution in [0.25, 0.3) is 32.7 Å². The number of para-hydroxylation sites is 3. The normalized spacial score (nSPS) is 14.1. The number of imidazole rings is 2. The number of carbonyl (C=O) groups is 13. The van der Waals surface area contributed by atoms with E-state index in [9.17, 15) is 53.4 Å². The number of H-pyrrole nitrogens is 5. The van der Waals surface area contributed by atoms with Crippen LogP contribution in [0.5, 0.6) is 5.75 Å². The van der Waals surface area contributed by atoms with Crippen LogP contribution in [0.4, 0.5) is 0 Å². The van der Waals surface area contributed by atoms with Crippen molar-refractivity contribution in [3.63, 3.8) is 0 Å². The zero-order valence-electron chi connectivity index (χ0n) is 64.7. The van der Waals surface area contributed by atoms with Gasteiger partial charge in [0, 0.05) is 114 Å². The predicted molar refractivity (Wildman–Crippen MR) is 429 cm³/mol. The molecule has 0 aliphatic rings. The van der Waals surface area contributed by atoms with E-state index in [1.54, 1.807) is 94.8 Å². The van der Waals surface area contributed by atoms with Gasteiger partial charge in [0.15, 0.2) is 5.96 Å². The van der Waals surface area contributed by atoms with Gasteiger partial charge in [-0.25, -0.2) is 14.8 Å². The van der Waals surface area contributed by atoms with Gasteiger partial charge in [-0.15, -0.1) is 0 Å². The van der Waals surface area contributed by atoms with E-state index in [1.165, 1.54) is 49.3 Å². The lowest BCUT2D eigenvalue weighted by atomic mass is 9.96. The molecule has 5 heterocycles. The Morgan fingerprint density at radius 1 is 0.453 bits per heavy atom. The molecule has 5 aromatic heterocycles. The van der Waals surface area contributed by atoms with E-state index in [2.05, 4.69) is 98.7 Å². The maximum atomic E-state index is 15.5. The molecule has 0 bridgehead atoms. The van der Waals surface area contributed by atoms with Crippen molar-refractivity contribution in [2.45, 2.75) is 152 Å². The number of carbonyl (C=O) groups excluding carboxylic acids is 12. The van der Waals surface area contributed by atoms with E-state index in [4.69, 9.17) is 22.6 Å². The second-order valence-electron chi connectivity index (χ2n) is 28.8. The third-order valence-corrected chi connectivity index (χ3v) is 19.7. The molecule has 0 unspecified atom stereocenters. The summed E-state index contributed by atoms with van der Waals surface area (Å²) in [6.45, 7) is 5.16. The van der Waals surface area contributed by atoms with Crippen molar-refractivity contribution in [1.82, 2.24) is 98.7 Å². The average Bonchev–Trinajstić information content (AvgIpc) is 1.70. The van der Waals surface area contributed by atoms with E-state index in [0.717, 1.165) is 16.5 Å². The lowest BCUT2D eigenvalue weighted by Gasteiger charge is -2.28. The molecule has 0 spiro atoms. The van der Waals surface area contributed by atoms with Gasteiger partial charge in [-0.05, 0) is 83.7 Å². The molecule has 38 heteroatoms. The van der Waals surface area contributed by atoms with Gasteiger partial charge >= 0.3 is 5.97 Å². The number of nitrogens with one attached hydrogen (secondary N) is 18. The highest BCUT2D eigenvalue weighted by atomic mass is 16.4. The summed E-state index contributed by atoms with van der Waals surface area (Å²) in [5.74, 6) is -14.0. The van der Waals surface area contributed by atoms with Crippen molar-refractivity contribution in [1.29, 1.82) is 5.41 Å². The second-order valence-corrected chi connectivity index (χ2v) is 28.8. The molecule has 4 aromatic carbocycles. The quantitative estimate of drug-likeness (QED) is 0.0122. The number of phenolic OH excluding ortho intramolecular Hbond substituents is 1. The first-order chi connectivity index (χ1) is 56.0. The summed E-state index contributed by atoms with van der Waals surface area (Å²) in [7, 11) is 0. The zero-order chi connectivity index (χ0) is 84.4. The lowest BCUT2D eigenvalue weighted by Crippen LogP contribution is -2.61. The molecule has 620 valence electrons. The van der Waals surface area contributed by atoms with Crippen LogP contribution in [0.2, 0.25) is 0 Å². The number of hydrogen-bond donors (Lipinski definition) is 23. The van der Waals surface area contributed by atoms with Crippen molar-refractivity contribution in [3.8, 4) is 5.75 Å². The fourth-order valence-corrected chi connectivity index (χ4v) is 13.2. The number of aromatic amines is 5. The van der Waals surface area contributed by atoms with Gasteiger partial charge in [0.25, 0.3) is 0 Å². The van der Waals surface area contributed by atoms with Crippen molar-refractivity contribution in [2.75, 3.05) is 19.6 Å². The summed E-state index contributed by atoms with van der Waals surface area (Å²) < 4.78 is 0. The van der Waals surface area contributed by atoms with Gasteiger partial charge in [-0.3, -0.25) is 62.9 Å². The van der Waals surface area contributed by atoms with Gasteiger partial charge in [0.2, 0.25) is 70.9 Å². The fraction of sp³-hybridized carbons (Fsp3) is 0.367. The first kappa shape index (κ1) is 87.0. The van der Waals surface area contributed by atoms with Crippen molar-refractivity contribution < 1.29 is 72.5 Å². The maximum Gasteiger partial charge on any atom is 0.326 e. The minimum absolute atomic E-state index is 0.0530. The summed E-state index contributed by atoms with van der Waals surface area (Å²) in [5.41, 5.74) is 22.4. The number of hydrogen-bond acceptors (Lipinski definition) is 18. The Morgan fingerprint density at radius 3 is 1.29 bits per heavy atom. The average molecular weight is 1610 g/mol. The molecular formula is C79H99N23O15. The van der Waals surface area contributed by atoms with Crippen LogP contribution in [-0.2, 0) is 101 Å². The highest BCUT2D eigenvalue weighted by molar-refractivity contribution is 6.01. The third-order valence-electron chi connectivity index (χ3n) is 19.7. The summed E-state index contributed by atoms with van der Waals surface area (Å²) in [6.07, 6.45) is 9.05. The summed E-state index contributed by atoms with van der Waals surface area (Å²) in [5, 5.41) is 60.9. The number of rotatable bonds is 44. The monoisotopic (exact) mass is 1610 g/mol.